The van der Waals surface area contributed by atoms with Crippen LogP contribution < -0.4 is 10.6 Å². The summed E-state index contributed by atoms with van der Waals surface area (Å²) in [5.41, 5.74) is 2.88. The van der Waals surface area contributed by atoms with Gasteiger partial charge >= 0.3 is 0 Å². The van der Waals surface area contributed by atoms with E-state index >= 15 is 0 Å². The van der Waals surface area contributed by atoms with Gasteiger partial charge in [0.2, 0.25) is 0 Å². The van der Waals surface area contributed by atoms with Gasteiger partial charge in [-0.25, -0.2) is 0 Å². The van der Waals surface area contributed by atoms with Crippen molar-refractivity contribution in [2.75, 3.05) is 10.6 Å². The number of thiocarbonyl (C=S) groups is 1. The van der Waals surface area contributed by atoms with Gasteiger partial charge in [-0.3, -0.25) is 4.98 Å². The number of para-hydroxylation sites is 1. The lowest BCUT2D eigenvalue weighted by Gasteiger charge is -2.10. The number of nitrogens with zero attached hydrogens (tertiary/aromatic N) is 1. The van der Waals surface area contributed by atoms with Crippen molar-refractivity contribution in [3.05, 3.63) is 66.9 Å². The molecule has 3 nitrogen and oxygen atoms in total. The number of hydrogen-bond donors (Lipinski definition) is 2. The molecule has 4 heteroatoms. The summed E-state index contributed by atoms with van der Waals surface area (Å²) in [6, 6.07) is 19.8. The molecule has 0 atom stereocenters. The average Bonchev–Trinajstić information content (AvgIpc) is 2.48. The van der Waals surface area contributed by atoms with E-state index in [9.17, 15) is 0 Å². The predicted molar refractivity (Wildman–Crippen MR) is 88.0 cm³/mol. The van der Waals surface area contributed by atoms with Gasteiger partial charge in [0.05, 0.1) is 5.52 Å². The van der Waals surface area contributed by atoms with Gasteiger partial charge in [0.25, 0.3) is 0 Å². The Hall–Kier alpha value is -2.46. The van der Waals surface area contributed by atoms with Crippen molar-refractivity contribution in [2.24, 2.45) is 0 Å². The Labute approximate surface area is 122 Å². The zero-order valence-corrected chi connectivity index (χ0v) is 11.5. The van der Waals surface area contributed by atoms with Gasteiger partial charge in [0.15, 0.2) is 5.11 Å². The van der Waals surface area contributed by atoms with Crippen LogP contribution in [0.1, 0.15) is 0 Å². The molecule has 0 aliphatic heterocycles. The number of pyridine rings is 1. The number of aromatic nitrogens is 1. The molecule has 0 fully saturated rings. The molecule has 0 spiro atoms. The maximum atomic E-state index is 5.30. The molecule has 0 radical (unpaired) electrons. The van der Waals surface area contributed by atoms with Gasteiger partial charge < -0.3 is 10.6 Å². The Kier molecular flexibility index (Phi) is 3.56. The van der Waals surface area contributed by atoms with Crippen LogP contribution in [-0.4, -0.2) is 10.1 Å². The molecule has 3 aromatic rings. The first-order chi connectivity index (χ1) is 9.81. The lowest BCUT2D eigenvalue weighted by molar-refractivity contribution is 1.41. The number of nitrogens with one attached hydrogen (secondary N) is 2. The highest BCUT2D eigenvalue weighted by molar-refractivity contribution is 7.80. The average molecular weight is 279 g/mol. The van der Waals surface area contributed by atoms with Crippen LogP contribution in [0.4, 0.5) is 11.4 Å². The number of benzene rings is 2. The molecular formula is C16H13N3S. The van der Waals surface area contributed by atoms with Crippen molar-refractivity contribution < 1.29 is 0 Å². The number of fused-ring (bicyclic) bond motifs is 1. The van der Waals surface area contributed by atoms with E-state index in [-0.39, 0.29) is 0 Å². The monoisotopic (exact) mass is 279 g/mol. The molecule has 0 aliphatic rings. The minimum atomic E-state index is 0.569. The molecule has 0 aliphatic carbocycles. The van der Waals surface area contributed by atoms with Gasteiger partial charge in [0, 0.05) is 23.0 Å². The zero-order chi connectivity index (χ0) is 13.8. The SMILES string of the molecule is S=C(Nc1ccccc1)Nc1ccc2ncccc2c1. The van der Waals surface area contributed by atoms with Crippen LogP contribution in [0, 0.1) is 0 Å². The minimum Gasteiger partial charge on any atom is -0.332 e. The summed E-state index contributed by atoms with van der Waals surface area (Å²) in [4.78, 5) is 4.29. The van der Waals surface area contributed by atoms with Crippen LogP contribution in [0.3, 0.4) is 0 Å². The molecule has 0 unspecified atom stereocenters. The second-order valence-corrected chi connectivity index (χ2v) is 4.76. The van der Waals surface area contributed by atoms with Crippen LogP contribution >= 0.6 is 12.2 Å². The van der Waals surface area contributed by atoms with Crippen LogP contribution in [0.5, 0.6) is 0 Å². The summed E-state index contributed by atoms with van der Waals surface area (Å²) in [6.07, 6.45) is 1.79. The maximum Gasteiger partial charge on any atom is 0.175 e. The van der Waals surface area contributed by atoms with Gasteiger partial charge in [-0.05, 0) is 48.6 Å². The molecule has 1 aromatic heterocycles. The Balaban J connectivity index is 1.74. The van der Waals surface area contributed by atoms with Crippen molar-refractivity contribution in [1.82, 2.24) is 4.98 Å². The zero-order valence-electron chi connectivity index (χ0n) is 10.7. The third kappa shape index (κ3) is 2.92. The summed E-state index contributed by atoms with van der Waals surface area (Å²) in [5, 5.41) is 7.97. The summed E-state index contributed by atoms with van der Waals surface area (Å²) >= 11 is 5.30. The van der Waals surface area contributed by atoms with Crippen LogP contribution in [0.25, 0.3) is 10.9 Å². The van der Waals surface area contributed by atoms with Crippen molar-refractivity contribution in [2.45, 2.75) is 0 Å². The van der Waals surface area contributed by atoms with E-state index in [0.717, 1.165) is 22.3 Å². The largest absolute Gasteiger partial charge is 0.332 e. The normalized spacial score (nSPS) is 10.2. The number of anilines is 2. The van der Waals surface area contributed by atoms with E-state index in [2.05, 4.69) is 15.6 Å². The predicted octanol–water partition coefficient (Wildman–Crippen LogP) is 4.04. The van der Waals surface area contributed by atoms with Crippen molar-refractivity contribution >= 4 is 39.6 Å². The summed E-state index contributed by atoms with van der Waals surface area (Å²) in [5.74, 6) is 0. The van der Waals surface area contributed by atoms with Gasteiger partial charge in [-0.1, -0.05) is 24.3 Å². The van der Waals surface area contributed by atoms with E-state index in [1.54, 1.807) is 6.20 Å². The van der Waals surface area contributed by atoms with Crippen molar-refractivity contribution in [3.8, 4) is 0 Å². The maximum absolute atomic E-state index is 5.30. The van der Waals surface area contributed by atoms with E-state index in [4.69, 9.17) is 12.2 Å². The van der Waals surface area contributed by atoms with E-state index < -0.39 is 0 Å². The molecule has 0 saturated carbocycles. The lowest BCUT2D eigenvalue weighted by Crippen LogP contribution is -2.18. The first-order valence-corrected chi connectivity index (χ1v) is 6.70. The van der Waals surface area contributed by atoms with Crippen molar-refractivity contribution in [1.29, 1.82) is 0 Å². The Bertz CT molecular complexity index is 741. The molecular weight excluding hydrogens is 266 g/mol. The molecule has 0 amide bonds. The number of hydrogen-bond acceptors (Lipinski definition) is 2. The highest BCUT2D eigenvalue weighted by atomic mass is 32.1. The molecule has 2 aromatic carbocycles. The highest BCUT2D eigenvalue weighted by Gasteiger charge is 2.00. The minimum absolute atomic E-state index is 0.569. The summed E-state index contributed by atoms with van der Waals surface area (Å²) in [7, 11) is 0. The number of rotatable bonds is 2. The van der Waals surface area contributed by atoms with Crippen LogP contribution in [-0.2, 0) is 0 Å². The van der Waals surface area contributed by atoms with E-state index in [1.165, 1.54) is 0 Å². The molecule has 0 bridgehead atoms. The fraction of sp³-hybridized carbons (Fsp3) is 0. The fourth-order valence-electron chi connectivity index (χ4n) is 1.97. The van der Waals surface area contributed by atoms with Gasteiger partial charge in [-0.15, -0.1) is 0 Å². The van der Waals surface area contributed by atoms with Crippen LogP contribution in [0.15, 0.2) is 66.9 Å². The third-order valence-electron chi connectivity index (χ3n) is 2.89. The molecule has 0 saturated heterocycles. The molecule has 98 valence electrons. The Morgan fingerprint density at radius 1 is 0.850 bits per heavy atom. The standard InChI is InChI=1S/C16H13N3S/c20-16(18-13-6-2-1-3-7-13)19-14-8-9-15-12(11-14)5-4-10-17-15/h1-11H,(H2,18,19,20). The topological polar surface area (TPSA) is 37.0 Å². The highest BCUT2D eigenvalue weighted by Crippen LogP contribution is 2.17. The Morgan fingerprint density at radius 2 is 1.65 bits per heavy atom. The third-order valence-corrected chi connectivity index (χ3v) is 3.10. The first-order valence-electron chi connectivity index (χ1n) is 6.29. The second kappa shape index (κ2) is 5.67. The van der Waals surface area contributed by atoms with Crippen molar-refractivity contribution in [3.63, 3.8) is 0 Å². The molecule has 2 N–H and O–H groups in total. The first kappa shape index (κ1) is 12.6. The second-order valence-electron chi connectivity index (χ2n) is 4.36. The van der Waals surface area contributed by atoms with Crippen LogP contribution in [0.2, 0.25) is 0 Å². The molecule has 1 heterocycles. The summed E-state index contributed by atoms with van der Waals surface area (Å²) in [6.45, 7) is 0. The van der Waals surface area contributed by atoms with Gasteiger partial charge in [-0.2, -0.15) is 0 Å². The fourth-order valence-corrected chi connectivity index (χ4v) is 2.20. The quantitative estimate of drug-likeness (QED) is 0.694. The van der Waals surface area contributed by atoms with Gasteiger partial charge in [0.1, 0.15) is 0 Å². The summed E-state index contributed by atoms with van der Waals surface area (Å²) < 4.78 is 0. The Morgan fingerprint density at radius 3 is 2.50 bits per heavy atom. The van der Waals surface area contributed by atoms with E-state index in [0.29, 0.717) is 5.11 Å². The van der Waals surface area contributed by atoms with E-state index in [1.807, 2.05) is 60.7 Å². The smallest absolute Gasteiger partial charge is 0.175 e. The molecule has 3 rings (SSSR count). The molecule has 20 heavy (non-hydrogen) atoms. The lowest BCUT2D eigenvalue weighted by atomic mass is 10.2.